The van der Waals surface area contributed by atoms with Gasteiger partial charge in [-0.15, -0.1) is 0 Å². The van der Waals surface area contributed by atoms with Crippen molar-refractivity contribution < 1.29 is 22.4 Å². The molecule has 0 aliphatic rings. The van der Waals surface area contributed by atoms with E-state index in [1.807, 2.05) is 19.1 Å². The van der Waals surface area contributed by atoms with Crippen molar-refractivity contribution >= 4 is 22.7 Å². The fourth-order valence-electron chi connectivity index (χ4n) is 3.16. The van der Waals surface area contributed by atoms with Crippen molar-refractivity contribution in [3.8, 4) is 11.1 Å². The number of hydrogen-bond donors (Lipinski definition) is 1. The number of halogens is 3. The Morgan fingerprint density at radius 3 is 2.41 bits per heavy atom. The molecular weight excluding hydrogens is 381 g/mol. The van der Waals surface area contributed by atoms with E-state index in [9.17, 15) is 18.0 Å². The third-order valence-corrected chi connectivity index (χ3v) is 4.54. The highest BCUT2D eigenvalue weighted by atomic mass is 19.4. The lowest BCUT2D eigenvalue weighted by molar-refractivity contribution is -0.151. The number of carbonyl (C=O) groups excluding carboxylic acids is 1. The number of benzene rings is 2. The number of aromatic nitrogens is 1. The first-order valence-corrected chi connectivity index (χ1v) is 8.77. The van der Waals surface area contributed by atoms with Crippen LogP contribution < -0.4 is 5.32 Å². The van der Waals surface area contributed by atoms with E-state index in [1.54, 1.807) is 30.3 Å². The highest BCUT2D eigenvalue weighted by Crippen LogP contribution is 2.43. The van der Waals surface area contributed by atoms with Gasteiger partial charge in [0.05, 0.1) is 0 Å². The highest BCUT2D eigenvalue weighted by molar-refractivity contribution is 6.05. The number of hydrogen-bond acceptors (Lipinski definition) is 3. The summed E-state index contributed by atoms with van der Waals surface area (Å²) in [5.74, 6) is -1.17. The lowest BCUT2D eigenvalue weighted by Crippen LogP contribution is -2.14. The van der Waals surface area contributed by atoms with Gasteiger partial charge in [-0.2, -0.15) is 13.2 Å². The van der Waals surface area contributed by atoms with E-state index in [1.165, 1.54) is 24.4 Å². The van der Waals surface area contributed by atoms with Crippen LogP contribution in [0.5, 0.6) is 0 Å². The molecule has 4 rings (SSSR count). The minimum Gasteiger partial charge on any atom is -0.451 e. The van der Waals surface area contributed by atoms with Crippen molar-refractivity contribution in [2.75, 3.05) is 5.32 Å². The van der Waals surface area contributed by atoms with Gasteiger partial charge in [0.25, 0.3) is 5.91 Å². The van der Waals surface area contributed by atoms with E-state index >= 15 is 0 Å². The van der Waals surface area contributed by atoms with Gasteiger partial charge in [0.1, 0.15) is 11.4 Å². The molecule has 2 heterocycles. The summed E-state index contributed by atoms with van der Waals surface area (Å²) in [6.45, 7) is 1.81. The molecule has 2 aromatic heterocycles. The van der Waals surface area contributed by atoms with Crippen LogP contribution in [0.25, 0.3) is 22.1 Å². The monoisotopic (exact) mass is 396 g/mol. The number of anilines is 1. The second kappa shape index (κ2) is 7.09. The van der Waals surface area contributed by atoms with Crippen LogP contribution >= 0.6 is 0 Å². The molecule has 0 atom stereocenters. The molecule has 0 fully saturated rings. The zero-order valence-electron chi connectivity index (χ0n) is 15.2. The van der Waals surface area contributed by atoms with Gasteiger partial charge in [-0.1, -0.05) is 36.4 Å². The molecular formula is C22H15F3N2O2. The number of carbonyl (C=O) groups is 1. The number of rotatable bonds is 3. The number of alkyl halides is 3. The number of nitrogens with zero attached hydrogens (tertiary/aromatic N) is 1. The first-order chi connectivity index (χ1) is 13.8. The summed E-state index contributed by atoms with van der Waals surface area (Å²) < 4.78 is 45.5. The molecule has 0 unspecified atom stereocenters. The Kier molecular flexibility index (Phi) is 4.58. The van der Waals surface area contributed by atoms with E-state index in [4.69, 9.17) is 4.42 Å². The quantitative estimate of drug-likeness (QED) is 0.457. The molecule has 0 saturated heterocycles. The third-order valence-electron chi connectivity index (χ3n) is 4.54. The van der Waals surface area contributed by atoms with E-state index in [-0.39, 0.29) is 28.4 Å². The normalized spacial score (nSPS) is 11.6. The molecule has 0 aliphatic carbocycles. The average molecular weight is 396 g/mol. The van der Waals surface area contributed by atoms with Crippen LogP contribution in [0.3, 0.4) is 0 Å². The van der Waals surface area contributed by atoms with E-state index in [0.717, 1.165) is 5.56 Å². The van der Waals surface area contributed by atoms with Crippen LogP contribution in [0.1, 0.15) is 21.7 Å². The summed E-state index contributed by atoms with van der Waals surface area (Å²) >= 11 is 0. The van der Waals surface area contributed by atoms with Crippen LogP contribution in [-0.4, -0.2) is 10.9 Å². The summed E-state index contributed by atoms with van der Waals surface area (Å²) in [4.78, 5) is 16.5. The maximum absolute atomic E-state index is 13.5. The first kappa shape index (κ1) is 18.7. The van der Waals surface area contributed by atoms with Crippen molar-refractivity contribution in [2.45, 2.75) is 13.1 Å². The van der Waals surface area contributed by atoms with E-state index < -0.39 is 11.9 Å². The van der Waals surface area contributed by atoms with Gasteiger partial charge in [-0.3, -0.25) is 4.79 Å². The average Bonchev–Trinajstić information content (AvgIpc) is 3.09. The molecule has 0 saturated carbocycles. The molecule has 7 heteroatoms. The largest absolute Gasteiger partial charge is 0.451 e. The first-order valence-electron chi connectivity index (χ1n) is 8.77. The molecule has 1 amide bonds. The number of para-hydroxylation sites is 1. The van der Waals surface area contributed by atoms with Crippen LogP contribution in [0.4, 0.5) is 19.0 Å². The van der Waals surface area contributed by atoms with E-state index in [0.29, 0.717) is 10.9 Å². The number of pyridine rings is 1. The number of amides is 1. The summed E-state index contributed by atoms with van der Waals surface area (Å²) in [6, 6.07) is 16.3. The minimum absolute atomic E-state index is 0.0719. The molecule has 0 aliphatic heterocycles. The predicted molar refractivity (Wildman–Crippen MR) is 104 cm³/mol. The summed E-state index contributed by atoms with van der Waals surface area (Å²) in [5.41, 5.74) is 1.63. The molecule has 1 N–H and O–H groups in total. The Morgan fingerprint density at radius 2 is 1.72 bits per heavy atom. The van der Waals surface area contributed by atoms with Crippen LogP contribution in [0.2, 0.25) is 0 Å². The number of nitrogens with one attached hydrogen (secondary N) is 1. The Labute approximate surface area is 164 Å². The van der Waals surface area contributed by atoms with Crippen molar-refractivity contribution in [1.82, 2.24) is 4.98 Å². The number of aryl methyl sites for hydroxylation is 1. The van der Waals surface area contributed by atoms with Crippen molar-refractivity contribution in [3.05, 3.63) is 83.7 Å². The van der Waals surface area contributed by atoms with Crippen molar-refractivity contribution in [3.63, 3.8) is 0 Å². The minimum atomic E-state index is -4.65. The van der Waals surface area contributed by atoms with Crippen LogP contribution in [0.15, 0.2) is 71.3 Å². The van der Waals surface area contributed by atoms with Crippen molar-refractivity contribution in [1.29, 1.82) is 0 Å². The van der Waals surface area contributed by atoms with E-state index in [2.05, 4.69) is 10.3 Å². The lowest BCUT2D eigenvalue weighted by Gasteiger charge is -2.09. The summed E-state index contributed by atoms with van der Waals surface area (Å²) in [5, 5.41) is 3.00. The molecule has 4 nitrogen and oxygen atoms in total. The summed E-state index contributed by atoms with van der Waals surface area (Å²) in [7, 11) is 0. The maximum Gasteiger partial charge on any atom is 0.450 e. The Hall–Kier alpha value is -3.61. The predicted octanol–water partition coefficient (Wildman–Crippen LogP) is 6.07. The standard InChI is InChI=1S/C22H15F3N2O2/c1-13-6-2-3-7-15(13)21(28)27-18-11-10-14(12-26-18)19-16-8-4-5-9-17(16)29-20(19)22(23,24)25/h2-12H,1H3,(H,26,27,28). The fourth-order valence-corrected chi connectivity index (χ4v) is 3.16. The van der Waals surface area contributed by atoms with Gasteiger partial charge >= 0.3 is 6.18 Å². The Bertz CT molecular complexity index is 1190. The van der Waals surface area contributed by atoms with Gasteiger partial charge in [0.15, 0.2) is 0 Å². The maximum atomic E-state index is 13.5. The second-order valence-electron chi connectivity index (χ2n) is 6.50. The molecule has 29 heavy (non-hydrogen) atoms. The smallest absolute Gasteiger partial charge is 0.450 e. The Morgan fingerprint density at radius 1 is 1.00 bits per heavy atom. The molecule has 0 radical (unpaired) electrons. The lowest BCUT2D eigenvalue weighted by atomic mass is 10.0. The second-order valence-corrected chi connectivity index (χ2v) is 6.50. The zero-order chi connectivity index (χ0) is 20.6. The highest BCUT2D eigenvalue weighted by Gasteiger charge is 2.39. The van der Waals surface area contributed by atoms with Gasteiger partial charge in [0.2, 0.25) is 5.76 Å². The molecule has 146 valence electrons. The van der Waals surface area contributed by atoms with Gasteiger partial charge < -0.3 is 9.73 Å². The Balaban J connectivity index is 1.69. The van der Waals surface area contributed by atoms with Gasteiger partial charge in [-0.25, -0.2) is 4.98 Å². The molecule has 0 spiro atoms. The molecule has 0 bridgehead atoms. The summed E-state index contributed by atoms with van der Waals surface area (Å²) in [6.07, 6.45) is -3.36. The number of fused-ring (bicyclic) bond motifs is 1. The van der Waals surface area contributed by atoms with Crippen molar-refractivity contribution in [2.24, 2.45) is 0 Å². The zero-order valence-corrected chi connectivity index (χ0v) is 15.2. The third kappa shape index (κ3) is 3.59. The molecule has 4 aromatic rings. The van der Waals surface area contributed by atoms with Gasteiger partial charge in [-0.05, 0) is 36.8 Å². The topological polar surface area (TPSA) is 55.1 Å². The van der Waals surface area contributed by atoms with Crippen LogP contribution in [-0.2, 0) is 6.18 Å². The number of furan rings is 1. The van der Waals surface area contributed by atoms with Gasteiger partial charge in [0, 0.05) is 28.3 Å². The SMILES string of the molecule is Cc1ccccc1C(=O)Nc1ccc(-c2c(C(F)(F)F)oc3ccccc23)cn1. The fraction of sp³-hybridized carbons (Fsp3) is 0.0909. The molecule has 2 aromatic carbocycles. The van der Waals surface area contributed by atoms with Crippen LogP contribution in [0, 0.1) is 6.92 Å².